The Hall–Kier alpha value is -2.38. The zero-order valence-electron chi connectivity index (χ0n) is 15.3. The summed E-state index contributed by atoms with van der Waals surface area (Å²) in [6.07, 6.45) is 3.65. The summed E-state index contributed by atoms with van der Waals surface area (Å²) in [5, 5.41) is 16.5. The number of nitrogens with one attached hydrogen (secondary N) is 1. The molecule has 4 N–H and O–H groups in total. The second-order valence-electron chi connectivity index (χ2n) is 8.35. The number of carboxylic acids is 1. The van der Waals surface area contributed by atoms with Crippen LogP contribution in [0.5, 0.6) is 0 Å². The molecule has 27 heavy (non-hydrogen) atoms. The maximum atomic E-state index is 12.9. The van der Waals surface area contributed by atoms with Gasteiger partial charge in [0.1, 0.15) is 0 Å². The van der Waals surface area contributed by atoms with Crippen molar-refractivity contribution < 1.29 is 24.0 Å². The predicted molar refractivity (Wildman–Crippen MR) is 92.9 cm³/mol. The first-order valence-corrected chi connectivity index (χ1v) is 9.55. The SMILES string of the molecule is Cc1cc(CNC(=O)[C@H]2[C@H](C(=O)O)[C@H]3CC[C@@H]2C32CC2CCC(N)=O)on1. The third kappa shape index (κ3) is 2.82. The molecule has 2 amide bonds. The van der Waals surface area contributed by atoms with E-state index in [9.17, 15) is 19.5 Å². The molecule has 4 rings (SSSR count). The summed E-state index contributed by atoms with van der Waals surface area (Å²) in [6.45, 7) is 2.01. The molecule has 0 aliphatic heterocycles. The third-order valence-electron chi connectivity index (χ3n) is 7.06. The molecule has 1 spiro atoms. The number of primary amides is 1. The topological polar surface area (TPSA) is 136 Å². The number of aryl methyl sites for hydroxylation is 1. The Kier molecular flexibility index (Phi) is 4.24. The van der Waals surface area contributed by atoms with Gasteiger partial charge in [0, 0.05) is 12.5 Å². The number of carboxylic acid groups (broad SMARTS) is 1. The van der Waals surface area contributed by atoms with Crippen LogP contribution in [0.15, 0.2) is 10.6 Å². The van der Waals surface area contributed by atoms with Gasteiger partial charge in [-0.1, -0.05) is 5.16 Å². The van der Waals surface area contributed by atoms with Crippen LogP contribution in [-0.2, 0) is 20.9 Å². The molecule has 0 aromatic carbocycles. The molecule has 6 atom stereocenters. The highest BCUT2D eigenvalue weighted by Gasteiger charge is 2.75. The van der Waals surface area contributed by atoms with Crippen LogP contribution in [0.4, 0.5) is 0 Å². The van der Waals surface area contributed by atoms with Crippen molar-refractivity contribution in [3.8, 4) is 0 Å². The minimum Gasteiger partial charge on any atom is -0.481 e. The Morgan fingerprint density at radius 3 is 2.63 bits per heavy atom. The fourth-order valence-electron chi connectivity index (χ4n) is 6.13. The molecule has 8 heteroatoms. The van der Waals surface area contributed by atoms with Crippen molar-refractivity contribution in [1.82, 2.24) is 10.5 Å². The Bertz CT molecular complexity index is 790. The summed E-state index contributed by atoms with van der Waals surface area (Å²) in [7, 11) is 0. The first kappa shape index (κ1) is 18.0. The molecular formula is C19H25N3O5. The molecule has 3 aliphatic rings. The van der Waals surface area contributed by atoms with Gasteiger partial charge >= 0.3 is 5.97 Å². The van der Waals surface area contributed by atoms with Crippen molar-refractivity contribution in [2.45, 2.75) is 45.6 Å². The number of hydrogen-bond donors (Lipinski definition) is 3. The van der Waals surface area contributed by atoms with Crippen LogP contribution in [0.2, 0.25) is 0 Å². The number of aliphatic carboxylic acids is 1. The number of hydrogen-bond acceptors (Lipinski definition) is 5. The van der Waals surface area contributed by atoms with Crippen molar-refractivity contribution in [3.05, 3.63) is 17.5 Å². The van der Waals surface area contributed by atoms with E-state index >= 15 is 0 Å². The highest BCUT2D eigenvalue weighted by Crippen LogP contribution is 2.78. The van der Waals surface area contributed by atoms with Crippen LogP contribution in [0, 0.1) is 41.9 Å². The number of nitrogens with two attached hydrogens (primary N) is 1. The quantitative estimate of drug-likeness (QED) is 0.656. The Morgan fingerprint density at radius 1 is 1.33 bits per heavy atom. The number of carbonyl (C=O) groups excluding carboxylic acids is 2. The highest BCUT2D eigenvalue weighted by molar-refractivity contribution is 5.86. The monoisotopic (exact) mass is 375 g/mol. The summed E-state index contributed by atoms with van der Waals surface area (Å²) < 4.78 is 5.11. The van der Waals surface area contributed by atoms with E-state index in [4.69, 9.17) is 10.3 Å². The van der Waals surface area contributed by atoms with Gasteiger partial charge in [0.15, 0.2) is 5.76 Å². The third-order valence-corrected chi connectivity index (χ3v) is 7.06. The Morgan fingerprint density at radius 2 is 2.04 bits per heavy atom. The summed E-state index contributed by atoms with van der Waals surface area (Å²) in [6, 6.07) is 1.75. The summed E-state index contributed by atoms with van der Waals surface area (Å²) in [5.41, 5.74) is 5.92. The fourth-order valence-corrected chi connectivity index (χ4v) is 6.13. The van der Waals surface area contributed by atoms with Gasteiger partial charge < -0.3 is 20.7 Å². The molecule has 1 aromatic heterocycles. The highest BCUT2D eigenvalue weighted by atomic mass is 16.5. The van der Waals surface area contributed by atoms with Gasteiger partial charge in [-0.2, -0.15) is 0 Å². The van der Waals surface area contributed by atoms with E-state index in [1.165, 1.54) is 0 Å². The van der Waals surface area contributed by atoms with Crippen molar-refractivity contribution in [2.24, 2.45) is 40.7 Å². The van der Waals surface area contributed by atoms with Crippen LogP contribution in [0.1, 0.15) is 43.6 Å². The Labute approximate surface area is 156 Å². The van der Waals surface area contributed by atoms with Crippen molar-refractivity contribution in [2.75, 3.05) is 0 Å². The Balaban J connectivity index is 1.49. The van der Waals surface area contributed by atoms with Crippen LogP contribution in [0.3, 0.4) is 0 Å². The van der Waals surface area contributed by atoms with Gasteiger partial charge in [0.25, 0.3) is 0 Å². The van der Waals surface area contributed by atoms with E-state index in [0.717, 1.165) is 25.0 Å². The average molecular weight is 375 g/mol. The zero-order chi connectivity index (χ0) is 19.3. The molecule has 146 valence electrons. The smallest absolute Gasteiger partial charge is 0.307 e. The summed E-state index contributed by atoms with van der Waals surface area (Å²) >= 11 is 0. The van der Waals surface area contributed by atoms with Crippen LogP contribution in [-0.4, -0.2) is 28.0 Å². The molecule has 1 heterocycles. The lowest BCUT2D eigenvalue weighted by atomic mass is 9.78. The zero-order valence-corrected chi connectivity index (χ0v) is 15.3. The molecule has 2 bridgehead atoms. The molecule has 0 saturated heterocycles. The van der Waals surface area contributed by atoms with Crippen LogP contribution in [0.25, 0.3) is 0 Å². The predicted octanol–water partition coefficient (Wildman–Crippen LogP) is 1.23. The summed E-state index contributed by atoms with van der Waals surface area (Å²) in [5.74, 6) is -1.67. The fraction of sp³-hybridized carbons (Fsp3) is 0.684. The lowest BCUT2D eigenvalue weighted by Gasteiger charge is -2.26. The maximum Gasteiger partial charge on any atom is 0.307 e. The number of carbonyl (C=O) groups is 3. The number of nitrogens with zero attached hydrogens (tertiary/aromatic N) is 1. The van der Waals surface area contributed by atoms with E-state index in [1.54, 1.807) is 13.0 Å². The second-order valence-corrected chi connectivity index (χ2v) is 8.35. The number of rotatable bonds is 7. The van der Waals surface area contributed by atoms with E-state index in [0.29, 0.717) is 24.5 Å². The van der Waals surface area contributed by atoms with E-state index < -0.39 is 17.8 Å². The molecule has 3 fully saturated rings. The molecule has 2 unspecified atom stereocenters. The maximum absolute atomic E-state index is 12.9. The normalized spacial score (nSPS) is 36.1. The van der Waals surface area contributed by atoms with Gasteiger partial charge in [-0.05, 0) is 55.8 Å². The first-order chi connectivity index (χ1) is 12.8. The molecule has 8 nitrogen and oxygen atoms in total. The van der Waals surface area contributed by atoms with Gasteiger partial charge in [-0.15, -0.1) is 0 Å². The van der Waals surface area contributed by atoms with Crippen molar-refractivity contribution >= 4 is 17.8 Å². The standard InChI is InChI=1S/C19H25N3O5/c1-9-6-11(27-22-9)8-21-17(24)15-12-3-4-13(16(15)18(25)26)19(12)7-10(19)2-5-14(20)23/h6,10,12-13,15-16H,2-5,7-8H2,1H3,(H2,20,23)(H,21,24)(H,25,26)/t10?,12-,13+,15+,16+,19?/m0/s1. The van der Waals surface area contributed by atoms with Crippen LogP contribution < -0.4 is 11.1 Å². The first-order valence-electron chi connectivity index (χ1n) is 9.55. The van der Waals surface area contributed by atoms with E-state index in [2.05, 4.69) is 10.5 Å². The minimum absolute atomic E-state index is 0.0150. The van der Waals surface area contributed by atoms with Crippen LogP contribution >= 0.6 is 0 Å². The summed E-state index contributed by atoms with van der Waals surface area (Å²) in [4.78, 5) is 36.0. The van der Waals surface area contributed by atoms with Gasteiger partial charge in [0.2, 0.25) is 11.8 Å². The molecule has 3 saturated carbocycles. The second kappa shape index (κ2) is 6.35. The molecule has 3 aliphatic carbocycles. The van der Waals surface area contributed by atoms with Gasteiger partial charge in [0.05, 0.1) is 24.1 Å². The molecule has 1 aromatic rings. The molecular weight excluding hydrogens is 350 g/mol. The lowest BCUT2D eigenvalue weighted by molar-refractivity contribution is -0.149. The number of aromatic nitrogens is 1. The average Bonchev–Trinajstić information content (AvgIpc) is 2.85. The van der Waals surface area contributed by atoms with Crippen molar-refractivity contribution in [1.29, 1.82) is 0 Å². The van der Waals surface area contributed by atoms with Gasteiger partial charge in [-0.25, -0.2) is 0 Å². The lowest BCUT2D eigenvalue weighted by Crippen LogP contribution is -2.41. The van der Waals surface area contributed by atoms with E-state index in [-0.39, 0.29) is 35.6 Å². The van der Waals surface area contributed by atoms with Crippen molar-refractivity contribution in [3.63, 3.8) is 0 Å². The number of amides is 2. The largest absolute Gasteiger partial charge is 0.481 e. The molecule has 0 radical (unpaired) electrons. The minimum atomic E-state index is -0.891. The van der Waals surface area contributed by atoms with E-state index in [1.807, 2.05) is 0 Å². The van der Waals surface area contributed by atoms with Gasteiger partial charge in [-0.3, -0.25) is 14.4 Å².